The molecule has 0 atom stereocenters. The molecular formula is C16H27NO. The number of likely N-dealkylation sites (N-methyl/N-ethyl adjacent to an activating group) is 1. The Balaban J connectivity index is 3.10. The molecule has 0 heterocycles. The van der Waals surface area contributed by atoms with Gasteiger partial charge in [-0.25, -0.2) is 0 Å². The number of carbonyl (C=O) groups is 1. The first kappa shape index (κ1) is 15.0. The molecule has 0 unspecified atom stereocenters. The van der Waals surface area contributed by atoms with Crippen molar-refractivity contribution in [1.29, 1.82) is 0 Å². The molecule has 18 heavy (non-hydrogen) atoms. The number of rotatable bonds is 2. The zero-order valence-electron chi connectivity index (χ0n) is 12.9. The van der Waals surface area contributed by atoms with Crippen molar-refractivity contribution in [2.45, 2.75) is 54.9 Å². The Morgan fingerprint density at radius 2 is 1.72 bits per heavy atom. The zero-order chi connectivity index (χ0) is 14.1. The highest BCUT2D eigenvalue weighted by Crippen LogP contribution is 2.44. The monoisotopic (exact) mass is 249 g/mol. The van der Waals surface area contributed by atoms with Crippen LogP contribution >= 0.6 is 0 Å². The van der Waals surface area contributed by atoms with Gasteiger partial charge in [0.15, 0.2) is 0 Å². The summed E-state index contributed by atoms with van der Waals surface area (Å²) in [5.74, 6) is 0.0819. The van der Waals surface area contributed by atoms with Gasteiger partial charge in [0.2, 0.25) is 5.91 Å². The van der Waals surface area contributed by atoms with E-state index < -0.39 is 0 Å². The van der Waals surface area contributed by atoms with Gasteiger partial charge in [-0.05, 0) is 35.8 Å². The summed E-state index contributed by atoms with van der Waals surface area (Å²) in [4.78, 5) is 12.0. The minimum absolute atomic E-state index is 0.0819. The Bertz CT molecular complexity index is 400. The lowest BCUT2D eigenvalue weighted by Crippen LogP contribution is -2.24. The maximum Gasteiger partial charge on any atom is 0.247 e. The summed E-state index contributed by atoms with van der Waals surface area (Å²) in [6.07, 6.45) is 2.90. The van der Waals surface area contributed by atoms with E-state index in [-0.39, 0.29) is 16.7 Å². The van der Waals surface area contributed by atoms with Crippen LogP contribution in [0.5, 0.6) is 0 Å². The molecule has 0 bridgehead atoms. The van der Waals surface area contributed by atoms with Gasteiger partial charge in [0.25, 0.3) is 0 Å². The Morgan fingerprint density at radius 1 is 1.17 bits per heavy atom. The van der Waals surface area contributed by atoms with Crippen LogP contribution in [0.1, 0.15) is 54.9 Å². The second-order valence-corrected chi connectivity index (χ2v) is 7.10. The molecule has 1 aliphatic rings. The van der Waals surface area contributed by atoms with Crippen LogP contribution in [0, 0.1) is 10.8 Å². The first-order chi connectivity index (χ1) is 8.07. The molecule has 0 saturated heterocycles. The molecule has 0 aromatic heterocycles. The molecule has 0 fully saturated rings. The van der Waals surface area contributed by atoms with Crippen LogP contribution in [-0.4, -0.2) is 12.5 Å². The van der Waals surface area contributed by atoms with Crippen molar-refractivity contribution in [1.82, 2.24) is 5.32 Å². The van der Waals surface area contributed by atoms with Gasteiger partial charge in [0.1, 0.15) is 0 Å². The third-order valence-corrected chi connectivity index (χ3v) is 3.35. The lowest BCUT2D eigenvalue weighted by Gasteiger charge is -2.29. The fourth-order valence-electron chi connectivity index (χ4n) is 2.36. The summed E-state index contributed by atoms with van der Waals surface area (Å²) < 4.78 is 0. The summed E-state index contributed by atoms with van der Waals surface area (Å²) >= 11 is 0. The fourth-order valence-corrected chi connectivity index (χ4v) is 2.36. The Morgan fingerprint density at radius 3 is 2.06 bits per heavy atom. The zero-order valence-corrected chi connectivity index (χ0v) is 12.9. The number of hydrogen-bond acceptors (Lipinski definition) is 1. The highest BCUT2D eigenvalue weighted by molar-refractivity contribution is 5.95. The van der Waals surface area contributed by atoms with E-state index in [4.69, 9.17) is 0 Å². The van der Waals surface area contributed by atoms with Crippen LogP contribution in [0.3, 0.4) is 0 Å². The maximum atomic E-state index is 12.0. The van der Waals surface area contributed by atoms with Crippen LogP contribution in [0.2, 0.25) is 0 Å². The van der Waals surface area contributed by atoms with E-state index in [1.807, 2.05) is 6.92 Å². The second-order valence-electron chi connectivity index (χ2n) is 7.10. The molecule has 2 heteroatoms. The summed E-state index contributed by atoms with van der Waals surface area (Å²) in [6, 6.07) is 0. The van der Waals surface area contributed by atoms with Gasteiger partial charge in [-0.1, -0.05) is 47.1 Å². The quantitative estimate of drug-likeness (QED) is 0.791. The van der Waals surface area contributed by atoms with Gasteiger partial charge >= 0.3 is 0 Å². The van der Waals surface area contributed by atoms with Crippen LogP contribution in [-0.2, 0) is 4.79 Å². The van der Waals surface area contributed by atoms with Gasteiger partial charge in [-0.2, -0.15) is 0 Å². The lowest BCUT2D eigenvalue weighted by atomic mass is 9.76. The van der Waals surface area contributed by atoms with Gasteiger partial charge in [0.05, 0.1) is 0 Å². The topological polar surface area (TPSA) is 29.1 Å². The van der Waals surface area contributed by atoms with Crippen molar-refractivity contribution in [3.63, 3.8) is 0 Å². The van der Waals surface area contributed by atoms with Crippen molar-refractivity contribution >= 4 is 5.91 Å². The lowest BCUT2D eigenvalue weighted by molar-refractivity contribution is -0.117. The third-order valence-electron chi connectivity index (χ3n) is 3.35. The number of carbonyl (C=O) groups excluding carboxylic acids is 1. The molecule has 0 saturated carbocycles. The number of hydrogen-bond donors (Lipinski definition) is 1. The predicted octanol–water partition coefficient (Wildman–Crippen LogP) is 3.84. The fraction of sp³-hybridized carbons (Fsp3) is 0.688. The Hall–Kier alpha value is -1.05. The highest BCUT2D eigenvalue weighted by Gasteiger charge is 2.32. The maximum absolute atomic E-state index is 12.0. The van der Waals surface area contributed by atoms with E-state index in [2.05, 4.69) is 52.9 Å². The standard InChI is InChI=1S/C16H27NO/c1-8-17-14(18)11-9-12(15(2,3)4)13(10-11)16(5,6)7/h9H,8,10H2,1-7H3,(H,17,18). The van der Waals surface area contributed by atoms with Crippen molar-refractivity contribution in [3.8, 4) is 0 Å². The minimum atomic E-state index is 0.0819. The van der Waals surface area contributed by atoms with Crippen LogP contribution in [0.25, 0.3) is 0 Å². The number of nitrogens with one attached hydrogen (secondary N) is 1. The molecule has 102 valence electrons. The molecule has 1 N–H and O–H groups in total. The van der Waals surface area contributed by atoms with Crippen molar-refractivity contribution in [3.05, 3.63) is 22.8 Å². The van der Waals surface area contributed by atoms with Gasteiger partial charge < -0.3 is 5.32 Å². The predicted molar refractivity (Wildman–Crippen MR) is 77.3 cm³/mol. The summed E-state index contributed by atoms with van der Waals surface area (Å²) in [5, 5.41) is 2.90. The van der Waals surface area contributed by atoms with Crippen molar-refractivity contribution in [2.75, 3.05) is 6.54 Å². The van der Waals surface area contributed by atoms with Crippen LogP contribution in [0.4, 0.5) is 0 Å². The number of amides is 1. The average Bonchev–Trinajstić information content (AvgIpc) is 2.60. The van der Waals surface area contributed by atoms with Crippen molar-refractivity contribution < 1.29 is 4.79 Å². The summed E-state index contributed by atoms with van der Waals surface area (Å²) in [7, 11) is 0. The molecule has 1 rings (SSSR count). The molecule has 2 nitrogen and oxygen atoms in total. The van der Waals surface area contributed by atoms with E-state index in [0.29, 0.717) is 6.54 Å². The molecular weight excluding hydrogens is 222 g/mol. The van der Waals surface area contributed by atoms with E-state index in [1.54, 1.807) is 0 Å². The normalized spacial score (nSPS) is 16.9. The molecule has 1 aliphatic carbocycles. The number of allylic oxidation sites excluding steroid dienone is 3. The van der Waals surface area contributed by atoms with Gasteiger partial charge in [-0.3, -0.25) is 4.79 Å². The molecule has 1 amide bonds. The highest BCUT2D eigenvalue weighted by atomic mass is 16.1. The molecule has 0 aromatic carbocycles. The Labute approximate surface area is 112 Å². The van der Waals surface area contributed by atoms with Crippen LogP contribution < -0.4 is 5.32 Å². The second kappa shape index (κ2) is 4.91. The van der Waals surface area contributed by atoms with E-state index in [9.17, 15) is 4.79 Å². The van der Waals surface area contributed by atoms with Crippen molar-refractivity contribution in [2.24, 2.45) is 10.8 Å². The van der Waals surface area contributed by atoms with Crippen LogP contribution in [0.15, 0.2) is 22.8 Å². The smallest absolute Gasteiger partial charge is 0.247 e. The van der Waals surface area contributed by atoms with E-state index in [0.717, 1.165) is 12.0 Å². The first-order valence-corrected chi connectivity index (χ1v) is 6.80. The molecule has 0 aliphatic heterocycles. The first-order valence-electron chi connectivity index (χ1n) is 6.80. The van der Waals surface area contributed by atoms with Gasteiger partial charge in [-0.15, -0.1) is 0 Å². The average molecular weight is 249 g/mol. The van der Waals surface area contributed by atoms with Gasteiger partial charge in [0, 0.05) is 12.1 Å². The molecule has 0 aromatic rings. The SMILES string of the molecule is CCNC(=O)C1=CC(C(C)(C)C)=C(C(C)(C)C)C1. The van der Waals surface area contributed by atoms with E-state index in [1.165, 1.54) is 11.1 Å². The largest absolute Gasteiger partial charge is 0.353 e. The summed E-state index contributed by atoms with van der Waals surface area (Å²) in [6.45, 7) is 16.0. The minimum Gasteiger partial charge on any atom is -0.353 e. The summed E-state index contributed by atoms with van der Waals surface area (Å²) in [5.41, 5.74) is 3.85. The van der Waals surface area contributed by atoms with E-state index >= 15 is 0 Å². The molecule has 0 spiro atoms. The Kier molecular flexibility index (Phi) is 4.09. The molecule has 0 radical (unpaired) electrons. The third kappa shape index (κ3) is 3.24.